The molecular formula is C20H30BFN2O5. The lowest BCUT2D eigenvalue weighted by atomic mass is 9.74. The summed E-state index contributed by atoms with van der Waals surface area (Å²) in [6.45, 7) is 4.57. The van der Waals surface area contributed by atoms with Gasteiger partial charge >= 0.3 is 7.12 Å². The molecule has 3 unspecified atom stereocenters. The Morgan fingerprint density at radius 2 is 1.97 bits per heavy atom. The minimum Gasteiger partial charge on any atom is -0.426 e. The van der Waals surface area contributed by atoms with Gasteiger partial charge in [-0.25, -0.2) is 4.39 Å². The number of ether oxygens (including phenoxy) is 1. The number of anilines is 1. The molecule has 2 rings (SSSR count). The first kappa shape index (κ1) is 23.3. The van der Waals surface area contributed by atoms with E-state index in [-0.39, 0.29) is 36.6 Å². The molecule has 1 fully saturated rings. The van der Waals surface area contributed by atoms with Crippen LogP contribution in [0.5, 0.6) is 0 Å². The number of carbonyl (C=O) groups is 2. The van der Waals surface area contributed by atoms with E-state index in [9.17, 15) is 24.0 Å². The van der Waals surface area contributed by atoms with E-state index < -0.39 is 24.9 Å². The van der Waals surface area contributed by atoms with Gasteiger partial charge in [0, 0.05) is 25.8 Å². The van der Waals surface area contributed by atoms with Gasteiger partial charge in [-0.2, -0.15) is 0 Å². The maximum absolute atomic E-state index is 13.1. The lowest BCUT2D eigenvalue weighted by Gasteiger charge is -2.42. The van der Waals surface area contributed by atoms with Crippen molar-refractivity contribution in [2.75, 3.05) is 25.2 Å². The lowest BCUT2D eigenvalue weighted by molar-refractivity contribution is -0.132. The minimum atomic E-state index is -1.68. The number of hydrogen-bond donors (Lipinski definition) is 3. The average Bonchev–Trinajstić information content (AvgIpc) is 2.61. The molecule has 160 valence electrons. The number of benzene rings is 1. The number of amides is 1. The molecule has 9 heteroatoms. The first-order chi connectivity index (χ1) is 13.7. The molecular weight excluding hydrogens is 378 g/mol. The second-order valence-corrected chi connectivity index (χ2v) is 7.96. The average molecular weight is 408 g/mol. The van der Waals surface area contributed by atoms with Crippen molar-refractivity contribution in [3.63, 3.8) is 0 Å². The number of methoxy groups -OCH3 is 1. The number of hydrogen-bond acceptors (Lipinski definition) is 6. The third kappa shape index (κ3) is 6.52. The van der Waals surface area contributed by atoms with Crippen molar-refractivity contribution in [3.8, 4) is 0 Å². The van der Waals surface area contributed by atoms with Crippen molar-refractivity contribution >= 4 is 24.5 Å². The summed E-state index contributed by atoms with van der Waals surface area (Å²) in [7, 11) is -0.230. The lowest BCUT2D eigenvalue weighted by Crippen LogP contribution is -2.54. The van der Waals surface area contributed by atoms with Crippen LogP contribution in [0.1, 0.15) is 33.1 Å². The summed E-state index contributed by atoms with van der Waals surface area (Å²) in [5.74, 6) is -2.25. The van der Waals surface area contributed by atoms with Gasteiger partial charge in [0.05, 0.1) is 24.5 Å². The van der Waals surface area contributed by atoms with Crippen LogP contribution in [0.4, 0.5) is 10.1 Å². The second kappa shape index (κ2) is 10.7. The highest BCUT2D eigenvalue weighted by molar-refractivity contribution is 6.43. The molecule has 0 aromatic heterocycles. The molecule has 0 radical (unpaired) electrons. The van der Waals surface area contributed by atoms with E-state index >= 15 is 0 Å². The molecule has 0 aliphatic carbocycles. The number of nitrogens with one attached hydrogen (secondary N) is 1. The zero-order valence-electron chi connectivity index (χ0n) is 17.2. The van der Waals surface area contributed by atoms with Gasteiger partial charge in [0.15, 0.2) is 5.78 Å². The van der Waals surface area contributed by atoms with Crippen molar-refractivity contribution in [2.24, 2.45) is 11.8 Å². The van der Waals surface area contributed by atoms with Gasteiger partial charge < -0.3 is 25.0 Å². The van der Waals surface area contributed by atoms with Crippen molar-refractivity contribution in [2.45, 2.75) is 45.1 Å². The van der Waals surface area contributed by atoms with Gasteiger partial charge in [-0.05, 0) is 43.0 Å². The van der Waals surface area contributed by atoms with Crippen LogP contribution in [0, 0.1) is 17.7 Å². The SMILES string of the molecule is COCC(CC(=O)C1CCN1c1ccc(F)cc1)C(=O)NC(CC(C)C)B(O)O. The predicted octanol–water partition coefficient (Wildman–Crippen LogP) is 1.17. The Morgan fingerprint density at radius 3 is 2.45 bits per heavy atom. The standard InChI is InChI=1S/C20H30BFN2O5/c1-13(2)10-19(21(27)28)23-20(26)14(12-29-3)11-18(25)17-8-9-24(17)16-6-4-15(22)5-7-16/h4-7,13-14,17,19,27-28H,8-12H2,1-3H3,(H,23,26). The fourth-order valence-electron chi connectivity index (χ4n) is 3.53. The van der Waals surface area contributed by atoms with Gasteiger partial charge in [-0.15, -0.1) is 0 Å². The predicted molar refractivity (Wildman–Crippen MR) is 109 cm³/mol. The third-order valence-corrected chi connectivity index (χ3v) is 5.15. The van der Waals surface area contributed by atoms with E-state index in [1.807, 2.05) is 18.7 Å². The summed E-state index contributed by atoms with van der Waals surface area (Å²) >= 11 is 0. The number of carbonyl (C=O) groups excluding carboxylic acids is 2. The molecule has 1 amide bonds. The van der Waals surface area contributed by atoms with Gasteiger partial charge in [0.25, 0.3) is 0 Å². The molecule has 1 saturated heterocycles. The fourth-order valence-corrected chi connectivity index (χ4v) is 3.53. The van der Waals surface area contributed by atoms with Gasteiger partial charge in [-0.1, -0.05) is 13.8 Å². The van der Waals surface area contributed by atoms with Crippen LogP contribution < -0.4 is 10.2 Å². The maximum atomic E-state index is 13.1. The highest BCUT2D eigenvalue weighted by Crippen LogP contribution is 2.28. The number of halogens is 1. The molecule has 0 bridgehead atoms. The van der Waals surface area contributed by atoms with Crippen molar-refractivity contribution in [1.29, 1.82) is 0 Å². The van der Waals surface area contributed by atoms with E-state index in [2.05, 4.69) is 5.32 Å². The summed E-state index contributed by atoms with van der Waals surface area (Å²) in [4.78, 5) is 27.4. The van der Waals surface area contributed by atoms with E-state index in [0.29, 0.717) is 19.4 Å². The summed E-state index contributed by atoms with van der Waals surface area (Å²) in [5.41, 5.74) is 0.768. The maximum Gasteiger partial charge on any atom is 0.475 e. The van der Waals surface area contributed by atoms with Crippen LogP contribution in [-0.2, 0) is 14.3 Å². The number of rotatable bonds is 11. The molecule has 7 nitrogen and oxygen atoms in total. The fraction of sp³-hybridized carbons (Fsp3) is 0.600. The molecule has 1 heterocycles. The number of nitrogens with zero attached hydrogens (tertiary/aromatic N) is 1. The van der Waals surface area contributed by atoms with Crippen molar-refractivity contribution < 1.29 is 28.8 Å². The summed E-state index contributed by atoms with van der Waals surface area (Å²) in [6.07, 6.45) is 1.05. The first-order valence-corrected chi connectivity index (χ1v) is 9.93. The first-order valence-electron chi connectivity index (χ1n) is 9.93. The quantitative estimate of drug-likeness (QED) is 0.476. The molecule has 1 aromatic rings. The minimum absolute atomic E-state index is 0.0159. The Hall–Kier alpha value is -1.97. The molecule has 1 aliphatic rings. The molecule has 0 spiro atoms. The molecule has 1 aromatic carbocycles. The van der Waals surface area contributed by atoms with Crippen molar-refractivity contribution in [1.82, 2.24) is 5.32 Å². The Balaban J connectivity index is 2.00. The van der Waals surface area contributed by atoms with Crippen LogP contribution in [0.25, 0.3) is 0 Å². The number of ketones is 1. The smallest absolute Gasteiger partial charge is 0.426 e. The molecule has 3 N–H and O–H groups in total. The Morgan fingerprint density at radius 1 is 1.31 bits per heavy atom. The van der Waals surface area contributed by atoms with Crippen LogP contribution in [0.2, 0.25) is 0 Å². The zero-order chi connectivity index (χ0) is 21.6. The van der Waals surface area contributed by atoms with Gasteiger partial charge in [-0.3, -0.25) is 9.59 Å². The topological polar surface area (TPSA) is 99.1 Å². The second-order valence-electron chi connectivity index (χ2n) is 7.96. The monoisotopic (exact) mass is 408 g/mol. The molecule has 29 heavy (non-hydrogen) atoms. The Labute approximate surface area is 171 Å². The number of Topliss-reactive ketones (excluding diaryl/α,β-unsaturated/α-hetero) is 1. The molecule has 0 saturated carbocycles. The largest absolute Gasteiger partial charge is 0.475 e. The van der Waals surface area contributed by atoms with E-state index in [0.717, 1.165) is 5.69 Å². The Kier molecular flexibility index (Phi) is 8.61. The Bertz CT molecular complexity index is 686. The van der Waals surface area contributed by atoms with E-state index in [4.69, 9.17) is 4.74 Å². The summed E-state index contributed by atoms with van der Waals surface area (Å²) in [6, 6.07) is 5.61. The molecule has 1 aliphatic heterocycles. The highest BCUT2D eigenvalue weighted by atomic mass is 19.1. The van der Waals surface area contributed by atoms with Crippen LogP contribution in [-0.4, -0.2) is 61.1 Å². The highest BCUT2D eigenvalue weighted by Gasteiger charge is 2.37. The van der Waals surface area contributed by atoms with Crippen LogP contribution >= 0.6 is 0 Å². The third-order valence-electron chi connectivity index (χ3n) is 5.15. The normalized spacial score (nSPS) is 18.2. The van der Waals surface area contributed by atoms with Crippen LogP contribution in [0.3, 0.4) is 0 Å². The van der Waals surface area contributed by atoms with Gasteiger partial charge in [0.2, 0.25) is 5.91 Å². The zero-order valence-corrected chi connectivity index (χ0v) is 17.2. The summed E-state index contributed by atoms with van der Waals surface area (Å²) in [5, 5.41) is 21.7. The van der Waals surface area contributed by atoms with Gasteiger partial charge in [0.1, 0.15) is 5.82 Å². The van der Waals surface area contributed by atoms with E-state index in [1.165, 1.54) is 19.2 Å². The summed E-state index contributed by atoms with van der Waals surface area (Å²) < 4.78 is 18.2. The van der Waals surface area contributed by atoms with Crippen molar-refractivity contribution in [3.05, 3.63) is 30.1 Å². The molecule has 3 atom stereocenters. The van der Waals surface area contributed by atoms with Crippen LogP contribution in [0.15, 0.2) is 24.3 Å². The van der Waals surface area contributed by atoms with E-state index in [1.54, 1.807) is 12.1 Å².